The van der Waals surface area contributed by atoms with Gasteiger partial charge in [-0.2, -0.15) is 18.3 Å². The molecule has 5 rings (SSSR count). The molecule has 0 atom stereocenters. The molecule has 0 aliphatic heterocycles. The van der Waals surface area contributed by atoms with Gasteiger partial charge in [0.1, 0.15) is 5.69 Å². The molecule has 29 heavy (non-hydrogen) atoms. The molecule has 0 spiro atoms. The van der Waals surface area contributed by atoms with Gasteiger partial charge in [0.05, 0.1) is 16.6 Å². The number of allylic oxidation sites excluding steroid dienone is 3. The molecule has 4 nitrogen and oxygen atoms in total. The van der Waals surface area contributed by atoms with Crippen LogP contribution in [0.5, 0.6) is 0 Å². The Morgan fingerprint density at radius 3 is 2.69 bits per heavy atom. The van der Waals surface area contributed by atoms with Crippen LogP contribution in [0.15, 0.2) is 60.7 Å². The number of H-pyrrole nitrogens is 2. The molecule has 7 heteroatoms. The number of nitrogens with one attached hydrogen (secondary N) is 2. The van der Waals surface area contributed by atoms with Crippen LogP contribution in [0.4, 0.5) is 13.2 Å². The monoisotopic (exact) mass is 392 g/mol. The number of halogens is 3. The van der Waals surface area contributed by atoms with E-state index in [0.29, 0.717) is 17.0 Å². The number of nitrogens with zero attached hydrogens (tertiary/aromatic N) is 2. The summed E-state index contributed by atoms with van der Waals surface area (Å²) in [7, 11) is 0. The number of hydrogen-bond donors (Lipinski definition) is 2. The largest absolute Gasteiger partial charge is 0.416 e. The van der Waals surface area contributed by atoms with Crippen molar-refractivity contribution in [2.45, 2.75) is 12.6 Å². The SMILES string of the molecule is FC(F)(F)c1cccc(-c2ccc3nc(-c4n[nH]c5c4C=CC=CC5)[nH]c3c2)c1. The molecule has 2 aromatic heterocycles. The van der Waals surface area contributed by atoms with Crippen LogP contribution in [0, 0.1) is 0 Å². The second-order valence-corrected chi connectivity index (χ2v) is 6.85. The Hall–Kier alpha value is -3.61. The first-order valence-corrected chi connectivity index (χ1v) is 9.07. The van der Waals surface area contributed by atoms with E-state index in [-0.39, 0.29) is 0 Å². The number of hydrogen-bond acceptors (Lipinski definition) is 2. The fraction of sp³-hybridized carbons (Fsp3) is 0.0909. The predicted octanol–water partition coefficient (Wildman–Crippen LogP) is 5.76. The lowest BCUT2D eigenvalue weighted by atomic mass is 10.0. The third-order valence-corrected chi connectivity index (χ3v) is 4.94. The molecule has 2 heterocycles. The van der Waals surface area contributed by atoms with Crippen LogP contribution >= 0.6 is 0 Å². The molecule has 0 radical (unpaired) electrons. The second kappa shape index (κ2) is 6.48. The van der Waals surface area contributed by atoms with E-state index in [1.807, 2.05) is 30.4 Å². The smallest absolute Gasteiger partial charge is 0.337 e. The zero-order valence-corrected chi connectivity index (χ0v) is 15.1. The van der Waals surface area contributed by atoms with Gasteiger partial charge in [-0.15, -0.1) is 0 Å². The number of aromatic amines is 2. The number of rotatable bonds is 2. The summed E-state index contributed by atoms with van der Waals surface area (Å²) in [4.78, 5) is 7.87. The first-order chi connectivity index (χ1) is 14.0. The van der Waals surface area contributed by atoms with Gasteiger partial charge in [0.25, 0.3) is 0 Å². The van der Waals surface area contributed by atoms with Crippen LogP contribution in [0.1, 0.15) is 16.8 Å². The van der Waals surface area contributed by atoms with E-state index in [0.717, 1.165) is 46.5 Å². The Bertz CT molecular complexity index is 1270. The van der Waals surface area contributed by atoms with Crippen molar-refractivity contribution in [3.05, 3.63) is 77.5 Å². The third-order valence-electron chi connectivity index (χ3n) is 4.94. The minimum absolute atomic E-state index is 0.500. The van der Waals surface area contributed by atoms with Crippen LogP contribution < -0.4 is 0 Å². The minimum atomic E-state index is -4.37. The molecular weight excluding hydrogens is 377 g/mol. The molecule has 0 unspecified atom stereocenters. The molecular formula is C22H15F3N4. The van der Waals surface area contributed by atoms with Gasteiger partial charge in [0.2, 0.25) is 0 Å². The quantitative estimate of drug-likeness (QED) is 0.455. The molecule has 1 aliphatic rings. The Labute approximate surface area is 163 Å². The standard InChI is InChI=1S/C22H15F3N4/c23-22(24,25)15-6-4-5-13(11-15)14-9-10-18-19(12-14)27-21(26-18)20-16-7-2-1-3-8-17(16)28-29-20/h1-7,9-12H,8H2,(H,26,27)(H,28,29). The van der Waals surface area contributed by atoms with Crippen molar-refractivity contribution in [2.24, 2.45) is 0 Å². The zero-order valence-electron chi connectivity index (χ0n) is 15.1. The van der Waals surface area contributed by atoms with E-state index in [4.69, 9.17) is 0 Å². The summed E-state index contributed by atoms with van der Waals surface area (Å²) in [6.07, 6.45) is 4.36. The molecule has 4 aromatic rings. The summed E-state index contributed by atoms with van der Waals surface area (Å²) in [6, 6.07) is 10.7. The highest BCUT2D eigenvalue weighted by molar-refractivity contribution is 5.85. The highest BCUT2D eigenvalue weighted by Crippen LogP contribution is 2.33. The van der Waals surface area contributed by atoms with Gasteiger partial charge in [-0.1, -0.05) is 42.5 Å². The summed E-state index contributed by atoms with van der Waals surface area (Å²) in [5.41, 5.74) is 4.69. The van der Waals surface area contributed by atoms with E-state index in [2.05, 4.69) is 20.2 Å². The van der Waals surface area contributed by atoms with Crippen LogP contribution in [-0.2, 0) is 12.6 Å². The maximum Gasteiger partial charge on any atom is 0.416 e. The van der Waals surface area contributed by atoms with E-state index >= 15 is 0 Å². The van der Waals surface area contributed by atoms with Crippen LogP contribution in [-0.4, -0.2) is 20.2 Å². The Morgan fingerprint density at radius 2 is 1.83 bits per heavy atom. The molecule has 2 aromatic carbocycles. The molecule has 2 N–H and O–H groups in total. The number of benzene rings is 2. The van der Waals surface area contributed by atoms with Crippen LogP contribution in [0.25, 0.3) is 39.8 Å². The summed E-state index contributed by atoms with van der Waals surface area (Å²) >= 11 is 0. The van der Waals surface area contributed by atoms with Gasteiger partial charge < -0.3 is 4.98 Å². The van der Waals surface area contributed by atoms with E-state index < -0.39 is 11.7 Å². The Kier molecular flexibility index (Phi) is 3.91. The fourth-order valence-corrected chi connectivity index (χ4v) is 3.50. The topological polar surface area (TPSA) is 57.4 Å². The van der Waals surface area contributed by atoms with Crippen molar-refractivity contribution in [3.8, 4) is 22.6 Å². The number of aromatic nitrogens is 4. The Morgan fingerprint density at radius 1 is 0.966 bits per heavy atom. The van der Waals surface area contributed by atoms with Crippen molar-refractivity contribution >= 4 is 17.1 Å². The minimum Gasteiger partial charge on any atom is -0.337 e. The average molecular weight is 392 g/mol. The highest BCUT2D eigenvalue weighted by Gasteiger charge is 2.30. The normalized spacial score (nSPS) is 13.6. The zero-order chi connectivity index (χ0) is 20.0. The number of fused-ring (bicyclic) bond motifs is 2. The maximum atomic E-state index is 13.0. The first-order valence-electron chi connectivity index (χ1n) is 9.07. The Balaban J connectivity index is 1.56. The molecule has 0 saturated carbocycles. The molecule has 0 saturated heterocycles. The fourth-order valence-electron chi connectivity index (χ4n) is 3.50. The third kappa shape index (κ3) is 3.14. The predicted molar refractivity (Wildman–Crippen MR) is 106 cm³/mol. The van der Waals surface area contributed by atoms with Crippen LogP contribution in [0.2, 0.25) is 0 Å². The first kappa shape index (κ1) is 17.5. The van der Waals surface area contributed by atoms with Crippen molar-refractivity contribution in [1.29, 1.82) is 0 Å². The van der Waals surface area contributed by atoms with Crippen molar-refractivity contribution in [2.75, 3.05) is 0 Å². The molecule has 144 valence electrons. The van der Waals surface area contributed by atoms with Gasteiger partial charge in [0, 0.05) is 17.7 Å². The molecule has 0 fully saturated rings. The molecule has 0 bridgehead atoms. The lowest BCUT2D eigenvalue weighted by molar-refractivity contribution is -0.137. The summed E-state index contributed by atoms with van der Waals surface area (Å²) in [5.74, 6) is 0.616. The van der Waals surface area contributed by atoms with E-state index in [9.17, 15) is 13.2 Å². The second-order valence-electron chi connectivity index (χ2n) is 6.85. The molecule has 1 aliphatic carbocycles. The van der Waals surface area contributed by atoms with E-state index in [1.165, 1.54) is 6.07 Å². The summed E-state index contributed by atoms with van der Waals surface area (Å²) in [6.45, 7) is 0. The van der Waals surface area contributed by atoms with Crippen LogP contribution in [0.3, 0.4) is 0 Å². The van der Waals surface area contributed by atoms with Crippen molar-refractivity contribution in [3.63, 3.8) is 0 Å². The number of alkyl halides is 3. The van der Waals surface area contributed by atoms with Crippen molar-refractivity contribution in [1.82, 2.24) is 20.2 Å². The highest BCUT2D eigenvalue weighted by atomic mass is 19.4. The average Bonchev–Trinajstić information content (AvgIpc) is 3.23. The van der Waals surface area contributed by atoms with Crippen molar-refractivity contribution < 1.29 is 13.2 Å². The van der Waals surface area contributed by atoms with Gasteiger partial charge in [-0.3, -0.25) is 5.10 Å². The van der Waals surface area contributed by atoms with Gasteiger partial charge >= 0.3 is 6.18 Å². The van der Waals surface area contributed by atoms with Gasteiger partial charge in [-0.25, -0.2) is 4.98 Å². The van der Waals surface area contributed by atoms with E-state index in [1.54, 1.807) is 18.2 Å². The summed E-state index contributed by atoms with van der Waals surface area (Å²) in [5, 5.41) is 7.44. The maximum absolute atomic E-state index is 13.0. The summed E-state index contributed by atoms with van der Waals surface area (Å²) < 4.78 is 39.1. The lowest BCUT2D eigenvalue weighted by Crippen LogP contribution is -2.04. The van der Waals surface area contributed by atoms with Gasteiger partial charge in [-0.05, 0) is 35.4 Å². The lowest BCUT2D eigenvalue weighted by Gasteiger charge is -2.08. The van der Waals surface area contributed by atoms with Gasteiger partial charge in [0.15, 0.2) is 5.82 Å². The molecule has 0 amide bonds. The number of imidazole rings is 1.